The van der Waals surface area contributed by atoms with Crippen LogP contribution >= 0.6 is 0 Å². The number of hydrogen-bond acceptors (Lipinski definition) is 5. The van der Waals surface area contributed by atoms with Crippen molar-refractivity contribution in [2.24, 2.45) is 0 Å². The van der Waals surface area contributed by atoms with Crippen LogP contribution in [-0.2, 0) is 20.8 Å². The molecule has 0 amide bonds. The molecular formula is C14H22N2O3. The Morgan fingerprint density at radius 2 is 2.37 bits per heavy atom. The molecule has 0 N–H and O–H groups in total. The van der Waals surface area contributed by atoms with E-state index in [4.69, 9.17) is 14.2 Å². The second-order valence-electron chi connectivity index (χ2n) is 4.62. The minimum absolute atomic E-state index is 0.112. The molecule has 0 saturated carbocycles. The molecule has 1 aliphatic heterocycles. The summed E-state index contributed by atoms with van der Waals surface area (Å²) < 4.78 is 16.3. The third kappa shape index (κ3) is 5.24. The van der Waals surface area contributed by atoms with Gasteiger partial charge in [-0.1, -0.05) is 6.07 Å². The van der Waals surface area contributed by atoms with E-state index in [0.717, 1.165) is 31.9 Å². The lowest BCUT2D eigenvalue weighted by Crippen LogP contribution is -2.34. The maximum absolute atomic E-state index is 5.76. The Bertz CT molecular complexity index is 348. The topological polar surface area (TPSA) is 43.8 Å². The zero-order valence-electron chi connectivity index (χ0n) is 11.5. The fourth-order valence-corrected chi connectivity index (χ4v) is 2.10. The molecule has 1 saturated heterocycles. The first-order valence-electron chi connectivity index (χ1n) is 6.69. The quantitative estimate of drug-likeness (QED) is 0.717. The smallest absolute Gasteiger partial charge is 0.0936 e. The highest BCUT2D eigenvalue weighted by molar-refractivity contribution is 5.03. The van der Waals surface area contributed by atoms with E-state index in [0.29, 0.717) is 19.8 Å². The fraction of sp³-hybridized carbons (Fsp3) is 0.643. The lowest BCUT2D eigenvalue weighted by atomic mass is 10.3. The van der Waals surface area contributed by atoms with Gasteiger partial charge >= 0.3 is 0 Å². The third-order valence-electron chi connectivity index (χ3n) is 3.07. The van der Waals surface area contributed by atoms with Crippen molar-refractivity contribution in [1.82, 2.24) is 9.88 Å². The number of nitrogens with zero attached hydrogens (tertiary/aromatic N) is 2. The Morgan fingerprint density at radius 3 is 3.16 bits per heavy atom. The molecule has 1 atom stereocenters. The average Bonchev–Trinajstić information content (AvgIpc) is 2.66. The van der Waals surface area contributed by atoms with Gasteiger partial charge in [-0.3, -0.25) is 9.88 Å². The lowest BCUT2D eigenvalue weighted by molar-refractivity contribution is -0.0251. The summed E-state index contributed by atoms with van der Waals surface area (Å²) in [5, 5.41) is 0. The van der Waals surface area contributed by atoms with E-state index < -0.39 is 0 Å². The molecule has 0 unspecified atom stereocenters. The highest BCUT2D eigenvalue weighted by atomic mass is 16.5. The summed E-state index contributed by atoms with van der Waals surface area (Å²) in [6, 6.07) is 6.00. The van der Waals surface area contributed by atoms with Crippen LogP contribution in [0.3, 0.4) is 0 Å². The van der Waals surface area contributed by atoms with Crippen molar-refractivity contribution in [3.05, 3.63) is 30.1 Å². The van der Waals surface area contributed by atoms with Crippen LogP contribution in [0.5, 0.6) is 0 Å². The molecule has 0 aliphatic carbocycles. The van der Waals surface area contributed by atoms with Crippen LogP contribution in [0.2, 0.25) is 0 Å². The Morgan fingerprint density at radius 1 is 1.42 bits per heavy atom. The molecule has 0 bridgehead atoms. The largest absolute Gasteiger partial charge is 0.382 e. The van der Waals surface area contributed by atoms with Gasteiger partial charge in [-0.05, 0) is 12.1 Å². The average molecular weight is 266 g/mol. The van der Waals surface area contributed by atoms with Gasteiger partial charge in [-0.15, -0.1) is 0 Å². The Kier molecular flexibility index (Phi) is 6.23. The van der Waals surface area contributed by atoms with Gasteiger partial charge < -0.3 is 14.2 Å². The molecule has 0 aromatic carbocycles. The molecule has 5 nitrogen and oxygen atoms in total. The van der Waals surface area contributed by atoms with Gasteiger partial charge in [0.2, 0.25) is 0 Å². The third-order valence-corrected chi connectivity index (χ3v) is 3.07. The molecule has 19 heavy (non-hydrogen) atoms. The van der Waals surface area contributed by atoms with Crippen LogP contribution in [0.4, 0.5) is 0 Å². The van der Waals surface area contributed by atoms with E-state index in [1.807, 2.05) is 24.4 Å². The van der Waals surface area contributed by atoms with E-state index in [9.17, 15) is 0 Å². The second kappa shape index (κ2) is 8.22. The zero-order valence-corrected chi connectivity index (χ0v) is 11.5. The maximum Gasteiger partial charge on any atom is 0.0936 e. The van der Waals surface area contributed by atoms with Gasteiger partial charge in [0, 0.05) is 32.9 Å². The van der Waals surface area contributed by atoms with Gasteiger partial charge in [0.05, 0.1) is 38.2 Å². The Labute approximate surface area is 114 Å². The maximum atomic E-state index is 5.76. The van der Waals surface area contributed by atoms with Gasteiger partial charge in [0.25, 0.3) is 0 Å². The summed E-state index contributed by atoms with van der Waals surface area (Å²) in [5.41, 5.74) is 1.08. The summed E-state index contributed by atoms with van der Waals surface area (Å²) >= 11 is 0. The Balaban J connectivity index is 1.82. The zero-order chi connectivity index (χ0) is 13.3. The highest BCUT2D eigenvalue weighted by Gasteiger charge is 2.19. The van der Waals surface area contributed by atoms with E-state index in [1.165, 1.54) is 0 Å². The van der Waals surface area contributed by atoms with Gasteiger partial charge in [0.15, 0.2) is 0 Å². The molecule has 0 radical (unpaired) electrons. The SMILES string of the molecule is COCCO[C@H]1COCCN(Cc2ccccn2)C1. The molecule has 1 aromatic rings. The van der Waals surface area contributed by atoms with Crippen molar-refractivity contribution in [3.8, 4) is 0 Å². The van der Waals surface area contributed by atoms with Crippen LogP contribution in [-0.4, -0.2) is 62.6 Å². The van der Waals surface area contributed by atoms with Gasteiger partial charge in [-0.25, -0.2) is 0 Å². The summed E-state index contributed by atoms with van der Waals surface area (Å²) in [4.78, 5) is 6.69. The number of hydrogen-bond donors (Lipinski definition) is 0. The Hall–Kier alpha value is -1.01. The van der Waals surface area contributed by atoms with Crippen molar-refractivity contribution in [2.75, 3.05) is 46.6 Å². The van der Waals surface area contributed by atoms with E-state index in [1.54, 1.807) is 7.11 Å². The number of rotatable bonds is 6. The van der Waals surface area contributed by atoms with E-state index >= 15 is 0 Å². The van der Waals surface area contributed by atoms with Crippen molar-refractivity contribution >= 4 is 0 Å². The van der Waals surface area contributed by atoms with Crippen molar-refractivity contribution in [2.45, 2.75) is 12.6 Å². The number of pyridine rings is 1. The lowest BCUT2D eigenvalue weighted by Gasteiger charge is -2.23. The van der Waals surface area contributed by atoms with Crippen LogP contribution < -0.4 is 0 Å². The van der Waals surface area contributed by atoms with Crippen molar-refractivity contribution in [1.29, 1.82) is 0 Å². The van der Waals surface area contributed by atoms with Crippen LogP contribution in [0.1, 0.15) is 5.69 Å². The van der Waals surface area contributed by atoms with Crippen LogP contribution in [0.15, 0.2) is 24.4 Å². The molecule has 106 valence electrons. The predicted octanol–water partition coefficient (Wildman–Crippen LogP) is 0.945. The summed E-state index contributed by atoms with van der Waals surface area (Å²) in [5.74, 6) is 0. The molecular weight excluding hydrogens is 244 g/mol. The van der Waals surface area contributed by atoms with Crippen molar-refractivity contribution < 1.29 is 14.2 Å². The van der Waals surface area contributed by atoms with Crippen LogP contribution in [0, 0.1) is 0 Å². The monoisotopic (exact) mass is 266 g/mol. The molecule has 2 heterocycles. The number of ether oxygens (including phenoxy) is 3. The van der Waals surface area contributed by atoms with E-state index in [2.05, 4.69) is 9.88 Å². The van der Waals surface area contributed by atoms with Gasteiger partial charge in [0.1, 0.15) is 0 Å². The molecule has 2 rings (SSSR count). The predicted molar refractivity (Wildman–Crippen MR) is 71.9 cm³/mol. The molecule has 5 heteroatoms. The number of aromatic nitrogens is 1. The standard InChI is InChI=1S/C14H22N2O3/c1-17-8-9-19-14-11-16(6-7-18-12-14)10-13-4-2-3-5-15-13/h2-5,14H,6-12H2,1H3/t14-/m1/s1. The summed E-state index contributed by atoms with van der Waals surface area (Å²) in [7, 11) is 1.68. The minimum Gasteiger partial charge on any atom is -0.382 e. The molecule has 1 aliphatic rings. The van der Waals surface area contributed by atoms with E-state index in [-0.39, 0.29) is 6.10 Å². The molecule has 0 spiro atoms. The number of methoxy groups -OCH3 is 1. The van der Waals surface area contributed by atoms with Crippen LogP contribution in [0.25, 0.3) is 0 Å². The fourth-order valence-electron chi connectivity index (χ4n) is 2.10. The first-order chi connectivity index (χ1) is 9.38. The summed E-state index contributed by atoms with van der Waals surface area (Å²) in [6.07, 6.45) is 1.94. The van der Waals surface area contributed by atoms with Gasteiger partial charge in [-0.2, -0.15) is 0 Å². The first kappa shape index (κ1) is 14.4. The minimum atomic E-state index is 0.112. The second-order valence-corrected chi connectivity index (χ2v) is 4.62. The highest BCUT2D eigenvalue weighted by Crippen LogP contribution is 2.08. The first-order valence-corrected chi connectivity index (χ1v) is 6.69. The summed E-state index contributed by atoms with van der Waals surface area (Å²) in [6.45, 7) is 5.27. The van der Waals surface area contributed by atoms with Crippen molar-refractivity contribution in [3.63, 3.8) is 0 Å². The molecule has 1 fully saturated rings. The molecule has 1 aromatic heterocycles. The normalized spacial score (nSPS) is 21.2.